The van der Waals surface area contributed by atoms with Crippen molar-refractivity contribution in [3.05, 3.63) is 23.4 Å². The Hall–Kier alpha value is -2.67. The van der Waals surface area contributed by atoms with Gasteiger partial charge in [-0.2, -0.15) is 0 Å². The number of pyridine rings is 1. The summed E-state index contributed by atoms with van der Waals surface area (Å²) >= 11 is 0. The van der Waals surface area contributed by atoms with E-state index in [1.165, 1.54) is 6.20 Å². The van der Waals surface area contributed by atoms with Crippen LogP contribution < -0.4 is 4.74 Å². The molecule has 9 nitrogen and oxygen atoms in total. The zero-order valence-corrected chi connectivity index (χ0v) is 19.7. The second-order valence-electron chi connectivity index (χ2n) is 8.66. The number of aromatic nitrogens is 1. The molecular formula is C23H34N4O5. The Morgan fingerprint density at radius 2 is 2.06 bits per heavy atom. The molecule has 2 amide bonds. The summed E-state index contributed by atoms with van der Waals surface area (Å²) in [5, 5.41) is 19.1. The number of amides is 2. The van der Waals surface area contributed by atoms with Crippen molar-refractivity contribution in [3.63, 3.8) is 0 Å². The zero-order valence-electron chi connectivity index (χ0n) is 19.7. The van der Waals surface area contributed by atoms with E-state index >= 15 is 0 Å². The Morgan fingerprint density at radius 3 is 2.66 bits per heavy atom. The first-order valence-corrected chi connectivity index (χ1v) is 10.7. The highest BCUT2D eigenvalue weighted by Crippen LogP contribution is 2.27. The van der Waals surface area contributed by atoms with Gasteiger partial charge in [-0.05, 0) is 34.0 Å². The van der Waals surface area contributed by atoms with Crippen molar-refractivity contribution in [2.45, 2.75) is 39.0 Å². The van der Waals surface area contributed by atoms with Crippen LogP contribution in [0.25, 0.3) is 0 Å². The first-order chi connectivity index (χ1) is 15.0. The summed E-state index contributed by atoms with van der Waals surface area (Å²) in [7, 11) is 5.39. The number of fused-ring (bicyclic) bond motifs is 1. The molecule has 0 saturated heterocycles. The van der Waals surface area contributed by atoms with Crippen molar-refractivity contribution in [1.82, 2.24) is 19.7 Å². The van der Waals surface area contributed by atoms with Gasteiger partial charge in [0.25, 0.3) is 5.91 Å². The summed E-state index contributed by atoms with van der Waals surface area (Å²) in [6.45, 7) is 6.05. The van der Waals surface area contributed by atoms with E-state index < -0.39 is 18.2 Å². The molecule has 2 N–H and O–H groups in total. The van der Waals surface area contributed by atoms with Crippen molar-refractivity contribution < 1.29 is 24.5 Å². The molecular weight excluding hydrogens is 412 g/mol. The normalized spacial score (nSPS) is 20.3. The number of hydrogen-bond acceptors (Lipinski definition) is 7. The molecule has 0 aliphatic carbocycles. The lowest BCUT2D eigenvalue weighted by Gasteiger charge is -2.37. The van der Waals surface area contributed by atoms with E-state index in [0.29, 0.717) is 18.7 Å². The van der Waals surface area contributed by atoms with Gasteiger partial charge >= 0.3 is 0 Å². The van der Waals surface area contributed by atoms with Gasteiger partial charge in [-0.1, -0.05) is 18.8 Å². The highest BCUT2D eigenvalue weighted by atomic mass is 16.5. The number of carbonyl (C=O) groups is 2. The fourth-order valence-corrected chi connectivity index (χ4v) is 3.34. The van der Waals surface area contributed by atoms with Crippen LogP contribution in [0.15, 0.2) is 12.3 Å². The maximum absolute atomic E-state index is 13.3. The van der Waals surface area contributed by atoms with Crippen LogP contribution in [0.3, 0.4) is 0 Å². The molecule has 1 aliphatic rings. The number of carbonyl (C=O) groups excluding carboxylic acids is 2. The molecule has 0 unspecified atom stereocenters. The molecule has 4 atom stereocenters. The molecule has 1 aromatic heterocycles. The Morgan fingerprint density at radius 1 is 1.38 bits per heavy atom. The maximum atomic E-state index is 13.3. The van der Waals surface area contributed by atoms with Gasteiger partial charge in [0.2, 0.25) is 11.8 Å². The first kappa shape index (κ1) is 25.6. The fourth-order valence-electron chi connectivity index (χ4n) is 3.34. The van der Waals surface area contributed by atoms with Crippen LogP contribution in [-0.2, 0) is 4.79 Å². The summed E-state index contributed by atoms with van der Waals surface area (Å²) in [6.07, 6.45) is 0.273. The Bertz CT molecular complexity index is 877. The number of ether oxygens (including phenoxy) is 1. The molecule has 0 saturated carbocycles. The van der Waals surface area contributed by atoms with Gasteiger partial charge in [-0.3, -0.25) is 9.59 Å². The molecule has 0 spiro atoms. The number of aliphatic hydroxyl groups is 2. The third-order valence-electron chi connectivity index (χ3n) is 5.28. The monoisotopic (exact) mass is 446 g/mol. The van der Waals surface area contributed by atoms with Crippen LogP contribution in [0.1, 0.15) is 36.7 Å². The van der Waals surface area contributed by atoms with Crippen molar-refractivity contribution in [3.8, 4) is 17.7 Å². The molecule has 2 heterocycles. The summed E-state index contributed by atoms with van der Waals surface area (Å²) in [5.41, 5.74) is 0.712. The molecule has 2 rings (SSSR count). The van der Waals surface area contributed by atoms with E-state index in [4.69, 9.17) is 4.74 Å². The SMILES string of the molecule is C[C@H](O)C#Cc1cnc2c(c1)C(=O)N([C@H](C)CO)C[C@H](C)[C@@H](CN(C)C(=O)CN(C)C)O2. The smallest absolute Gasteiger partial charge is 0.259 e. The minimum absolute atomic E-state index is 0.0403. The van der Waals surface area contributed by atoms with Crippen molar-refractivity contribution in [2.24, 2.45) is 5.92 Å². The minimum Gasteiger partial charge on any atom is -0.472 e. The zero-order chi connectivity index (χ0) is 24.0. The number of likely N-dealkylation sites (N-methyl/N-ethyl adjacent to an activating group) is 2. The molecule has 1 aromatic rings. The van der Waals surface area contributed by atoms with Gasteiger partial charge in [-0.25, -0.2) is 4.98 Å². The standard InChI is InChI=1S/C23H34N4O5/c1-15-11-27(16(2)14-28)23(31)19-9-18(8-7-17(3)29)10-24-22(19)32-20(15)12-26(6)21(30)13-25(4)5/h9-10,15-17,20,28-29H,11-14H2,1-6H3/t15-,16+,17-,20+/m0/s1. The van der Waals surface area contributed by atoms with Crippen molar-refractivity contribution in [1.29, 1.82) is 0 Å². The van der Waals surface area contributed by atoms with E-state index in [9.17, 15) is 19.8 Å². The Balaban J connectivity index is 2.42. The second kappa shape index (κ2) is 11.3. The minimum atomic E-state index is -0.810. The Kier molecular flexibility index (Phi) is 9.01. The average molecular weight is 447 g/mol. The van der Waals surface area contributed by atoms with E-state index in [1.54, 1.807) is 41.7 Å². The summed E-state index contributed by atoms with van der Waals surface area (Å²) in [6, 6.07) is 1.18. The highest BCUT2D eigenvalue weighted by molar-refractivity contribution is 5.97. The number of hydrogen-bond donors (Lipinski definition) is 2. The maximum Gasteiger partial charge on any atom is 0.259 e. The van der Waals surface area contributed by atoms with Crippen LogP contribution in [0.4, 0.5) is 0 Å². The largest absolute Gasteiger partial charge is 0.472 e. The van der Waals surface area contributed by atoms with Crippen LogP contribution >= 0.6 is 0 Å². The molecule has 9 heteroatoms. The first-order valence-electron chi connectivity index (χ1n) is 10.7. The van der Waals surface area contributed by atoms with Gasteiger partial charge in [0.1, 0.15) is 17.8 Å². The lowest BCUT2D eigenvalue weighted by atomic mass is 10.00. The lowest BCUT2D eigenvalue weighted by Crippen LogP contribution is -2.51. The average Bonchev–Trinajstić information content (AvgIpc) is 2.73. The fraction of sp³-hybridized carbons (Fsp3) is 0.609. The van der Waals surface area contributed by atoms with Gasteiger partial charge in [-0.15, -0.1) is 0 Å². The predicted molar refractivity (Wildman–Crippen MR) is 120 cm³/mol. The van der Waals surface area contributed by atoms with E-state index in [0.717, 1.165) is 0 Å². The van der Waals surface area contributed by atoms with Gasteiger partial charge in [0.05, 0.1) is 25.7 Å². The summed E-state index contributed by atoms with van der Waals surface area (Å²) in [4.78, 5) is 35.1. The number of nitrogens with zero attached hydrogens (tertiary/aromatic N) is 4. The van der Waals surface area contributed by atoms with Crippen LogP contribution in [-0.4, -0.2) is 107 Å². The quantitative estimate of drug-likeness (QED) is 0.595. The summed E-state index contributed by atoms with van der Waals surface area (Å²) < 4.78 is 6.16. The van der Waals surface area contributed by atoms with E-state index in [1.807, 2.05) is 21.0 Å². The third-order valence-corrected chi connectivity index (χ3v) is 5.28. The molecule has 32 heavy (non-hydrogen) atoms. The van der Waals surface area contributed by atoms with Gasteiger partial charge < -0.3 is 29.6 Å². The molecule has 1 aliphatic heterocycles. The van der Waals surface area contributed by atoms with E-state index in [-0.39, 0.29) is 42.3 Å². The number of rotatable bonds is 6. The lowest BCUT2D eigenvalue weighted by molar-refractivity contribution is -0.132. The van der Waals surface area contributed by atoms with Crippen LogP contribution in [0.5, 0.6) is 5.88 Å². The Labute approximate surface area is 190 Å². The van der Waals surface area contributed by atoms with Crippen molar-refractivity contribution in [2.75, 3.05) is 47.4 Å². The van der Waals surface area contributed by atoms with E-state index in [2.05, 4.69) is 16.8 Å². The van der Waals surface area contributed by atoms with Crippen LogP contribution in [0, 0.1) is 17.8 Å². The van der Waals surface area contributed by atoms with Crippen LogP contribution in [0.2, 0.25) is 0 Å². The highest BCUT2D eigenvalue weighted by Gasteiger charge is 2.34. The third kappa shape index (κ3) is 6.66. The molecule has 176 valence electrons. The topological polar surface area (TPSA) is 106 Å². The van der Waals surface area contributed by atoms with Gasteiger partial charge in [0.15, 0.2) is 0 Å². The summed E-state index contributed by atoms with van der Waals surface area (Å²) in [5.74, 6) is 5.13. The molecule has 0 aromatic carbocycles. The molecule has 0 radical (unpaired) electrons. The number of aliphatic hydroxyl groups excluding tert-OH is 2. The predicted octanol–water partition coefficient (Wildman–Crippen LogP) is 0.0540. The van der Waals surface area contributed by atoms with Gasteiger partial charge in [0, 0.05) is 31.3 Å². The second-order valence-corrected chi connectivity index (χ2v) is 8.66. The van der Waals surface area contributed by atoms with Crippen molar-refractivity contribution >= 4 is 11.8 Å². The molecule has 0 fully saturated rings. The molecule has 0 bridgehead atoms.